The van der Waals surface area contributed by atoms with Crippen molar-refractivity contribution in [2.24, 2.45) is 10.2 Å². The number of hydrogen-bond donors (Lipinski definition) is 4. The second kappa shape index (κ2) is 12.2. The van der Waals surface area contributed by atoms with Crippen molar-refractivity contribution in [3.8, 4) is 11.5 Å². The first-order chi connectivity index (χ1) is 16.2. The fourth-order valence-corrected chi connectivity index (χ4v) is 2.55. The van der Waals surface area contributed by atoms with Crippen LogP contribution >= 0.6 is 0 Å². The lowest BCUT2D eigenvalue weighted by Crippen LogP contribution is -2.19. The smallest absolute Gasteiger partial charge is 0.270 e. The van der Waals surface area contributed by atoms with Gasteiger partial charge in [0.25, 0.3) is 11.4 Å². The molecule has 0 atom stereocenters. The van der Waals surface area contributed by atoms with Crippen molar-refractivity contribution in [3.63, 3.8) is 0 Å². The molecule has 0 spiro atoms. The third-order valence-corrected chi connectivity index (χ3v) is 4.29. The Morgan fingerprint density at radius 1 is 0.794 bits per heavy atom. The molecule has 0 heterocycles. The third-order valence-electron chi connectivity index (χ3n) is 4.29. The number of hydrogen-bond acceptors (Lipinski definition) is 10. The van der Waals surface area contributed by atoms with E-state index in [4.69, 9.17) is 0 Å². The number of nitrogens with zero attached hydrogens (tertiary/aromatic N) is 4. The Morgan fingerprint density at radius 3 is 1.53 bits per heavy atom. The van der Waals surface area contributed by atoms with Crippen molar-refractivity contribution in [2.45, 2.75) is 25.7 Å². The zero-order chi connectivity index (χ0) is 25.1. The van der Waals surface area contributed by atoms with E-state index in [2.05, 4.69) is 21.1 Å². The SMILES string of the molecule is O=C(CCCCC(=O)NN=Cc1cc([N+](=O)[O-])ccc1O)NN=Cc1cc([N+](=O)[O-])ccc1O. The number of nitrogens with one attached hydrogen (secondary N) is 2. The first kappa shape index (κ1) is 25.4. The minimum atomic E-state index is -0.631. The van der Waals surface area contributed by atoms with E-state index in [1.54, 1.807) is 0 Å². The second-order valence-corrected chi connectivity index (χ2v) is 6.79. The van der Waals surface area contributed by atoms with Crippen LogP contribution in [0.5, 0.6) is 11.5 Å². The maximum absolute atomic E-state index is 11.8. The molecule has 14 heteroatoms. The predicted octanol–water partition coefficient (Wildman–Crippen LogP) is 2.07. The molecule has 4 N–H and O–H groups in total. The summed E-state index contributed by atoms with van der Waals surface area (Å²) in [5.74, 6) is -1.39. The Kier molecular flexibility index (Phi) is 9.13. The summed E-state index contributed by atoms with van der Waals surface area (Å²) in [6, 6.07) is 6.75. The largest absolute Gasteiger partial charge is 0.507 e. The van der Waals surface area contributed by atoms with Gasteiger partial charge in [-0.25, -0.2) is 10.9 Å². The van der Waals surface area contributed by atoms with Crippen LogP contribution in [-0.2, 0) is 9.59 Å². The van der Waals surface area contributed by atoms with Gasteiger partial charge in [0.1, 0.15) is 11.5 Å². The Balaban J connectivity index is 1.70. The molecule has 0 aliphatic heterocycles. The van der Waals surface area contributed by atoms with Gasteiger partial charge < -0.3 is 10.2 Å². The normalized spacial score (nSPS) is 10.9. The van der Waals surface area contributed by atoms with Gasteiger partial charge in [0, 0.05) is 48.2 Å². The van der Waals surface area contributed by atoms with E-state index in [1.807, 2.05) is 0 Å². The molecule has 0 fully saturated rings. The summed E-state index contributed by atoms with van der Waals surface area (Å²) >= 11 is 0. The summed E-state index contributed by atoms with van der Waals surface area (Å²) in [5.41, 5.74) is 4.08. The maximum Gasteiger partial charge on any atom is 0.270 e. The van der Waals surface area contributed by atoms with Crippen LogP contribution in [0.25, 0.3) is 0 Å². The van der Waals surface area contributed by atoms with Crippen LogP contribution < -0.4 is 10.9 Å². The summed E-state index contributed by atoms with van der Waals surface area (Å²) < 4.78 is 0. The van der Waals surface area contributed by atoms with Gasteiger partial charge in [-0.05, 0) is 25.0 Å². The lowest BCUT2D eigenvalue weighted by molar-refractivity contribution is -0.385. The fourth-order valence-electron chi connectivity index (χ4n) is 2.55. The topological polar surface area (TPSA) is 210 Å². The zero-order valence-electron chi connectivity index (χ0n) is 17.6. The van der Waals surface area contributed by atoms with Gasteiger partial charge in [-0.15, -0.1) is 0 Å². The number of phenols is 2. The van der Waals surface area contributed by atoms with E-state index < -0.39 is 21.7 Å². The number of nitro groups is 2. The number of hydrazone groups is 2. The van der Waals surface area contributed by atoms with Gasteiger partial charge in [-0.3, -0.25) is 29.8 Å². The predicted molar refractivity (Wildman–Crippen MR) is 119 cm³/mol. The van der Waals surface area contributed by atoms with Crippen molar-refractivity contribution < 1.29 is 29.6 Å². The van der Waals surface area contributed by atoms with Crippen molar-refractivity contribution in [1.82, 2.24) is 10.9 Å². The lowest BCUT2D eigenvalue weighted by atomic mass is 10.2. The summed E-state index contributed by atoms with van der Waals surface area (Å²) in [6.07, 6.45) is 2.96. The highest BCUT2D eigenvalue weighted by atomic mass is 16.6. The van der Waals surface area contributed by atoms with E-state index >= 15 is 0 Å². The van der Waals surface area contributed by atoms with Crippen LogP contribution in [0.3, 0.4) is 0 Å². The van der Waals surface area contributed by atoms with Gasteiger partial charge in [-0.1, -0.05) is 0 Å². The molecule has 0 aromatic heterocycles. The second-order valence-electron chi connectivity index (χ2n) is 6.79. The van der Waals surface area contributed by atoms with E-state index in [-0.39, 0.29) is 46.8 Å². The fraction of sp³-hybridized carbons (Fsp3) is 0.200. The summed E-state index contributed by atoms with van der Waals surface area (Å²) in [6.45, 7) is 0. The molecule has 2 aromatic carbocycles. The number of amides is 2. The highest BCUT2D eigenvalue weighted by Crippen LogP contribution is 2.22. The minimum absolute atomic E-state index is 0.0519. The van der Waals surface area contributed by atoms with Crippen LogP contribution in [0.1, 0.15) is 36.8 Å². The van der Waals surface area contributed by atoms with Crippen LogP contribution in [0.2, 0.25) is 0 Å². The van der Waals surface area contributed by atoms with Crippen LogP contribution in [-0.4, -0.2) is 44.3 Å². The standard InChI is InChI=1S/C20H20N6O8/c27-17-7-5-15(25(31)32)9-13(17)11-21-23-19(29)3-1-2-4-20(30)24-22-12-14-10-16(26(33)34)6-8-18(14)28/h5-12,27-28H,1-4H2,(H,23,29)(H,24,30). The first-order valence-corrected chi connectivity index (χ1v) is 9.76. The van der Waals surface area contributed by atoms with Gasteiger partial charge in [0.2, 0.25) is 11.8 Å². The molecular weight excluding hydrogens is 452 g/mol. The Hall–Kier alpha value is -4.88. The van der Waals surface area contributed by atoms with E-state index in [9.17, 15) is 40.0 Å². The van der Waals surface area contributed by atoms with E-state index in [0.717, 1.165) is 48.8 Å². The number of unbranched alkanes of at least 4 members (excludes halogenated alkanes) is 1. The minimum Gasteiger partial charge on any atom is -0.507 e. The summed E-state index contributed by atoms with van der Waals surface area (Å²) in [5, 5.41) is 48.1. The number of carbonyl (C=O) groups is 2. The molecule has 0 unspecified atom stereocenters. The van der Waals surface area contributed by atoms with Gasteiger partial charge in [0.05, 0.1) is 22.3 Å². The van der Waals surface area contributed by atoms with Crippen molar-refractivity contribution >= 4 is 35.6 Å². The monoisotopic (exact) mass is 472 g/mol. The van der Waals surface area contributed by atoms with E-state index in [1.165, 1.54) is 0 Å². The number of rotatable bonds is 11. The number of phenolic OH excluding ortho intramolecular Hbond substituents is 2. The molecule has 178 valence electrons. The van der Waals surface area contributed by atoms with Crippen LogP contribution in [0.15, 0.2) is 46.6 Å². The molecule has 0 bridgehead atoms. The molecule has 14 nitrogen and oxygen atoms in total. The number of non-ortho nitro benzene ring substituents is 2. The number of benzene rings is 2. The zero-order valence-corrected chi connectivity index (χ0v) is 17.6. The summed E-state index contributed by atoms with van der Waals surface area (Å²) in [4.78, 5) is 43.8. The third kappa shape index (κ3) is 7.99. The van der Waals surface area contributed by atoms with Crippen molar-refractivity contribution in [2.75, 3.05) is 0 Å². The molecule has 2 amide bonds. The number of nitro benzene ring substituents is 2. The van der Waals surface area contributed by atoms with Crippen LogP contribution in [0.4, 0.5) is 11.4 Å². The Labute approximate surface area is 191 Å². The molecular formula is C20H20N6O8. The highest BCUT2D eigenvalue weighted by Gasteiger charge is 2.10. The Morgan fingerprint density at radius 2 is 1.18 bits per heavy atom. The van der Waals surface area contributed by atoms with Gasteiger partial charge in [-0.2, -0.15) is 10.2 Å². The summed E-state index contributed by atoms with van der Waals surface area (Å²) in [7, 11) is 0. The maximum atomic E-state index is 11.8. The molecule has 0 aliphatic rings. The average molecular weight is 472 g/mol. The lowest BCUT2D eigenvalue weighted by Gasteiger charge is -2.02. The molecule has 34 heavy (non-hydrogen) atoms. The number of carbonyl (C=O) groups excluding carboxylic acids is 2. The molecule has 0 saturated carbocycles. The Bertz CT molecular complexity index is 1060. The molecule has 2 rings (SSSR count). The molecule has 0 saturated heterocycles. The first-order valence-electron chi connectivity index (χ1n) is 9.76. The molecule has 0 radical (unpaired) electrons. The van der Waals surface area contributed by atoms with Gasteiger partial charge in [0.15, 0.2) is 0 Å². The van der Waals surface area contributed by atoms with Gasteiger partial charge >= 0.3 is 0 Å². The van der Waals surface area contributed by atoms with Crippen molar-refractivity contribution in [1.29, 1.82) is 0 Å². The quantitative estimate of drug-likeness (QED) is 0.164. The molecule has 2 aromatic rings. The van der Waals surface area contributed by atoms with Crippen molar-refractivity contribution in [3.05, 3.63) is 67.8 Å². The molecule has 0 aliphatic carbocycles. The average Bonchev–Trinajstić information content (AvgIpc) is 2.79. The van der Waals surface area contributed by atoms with E-state index in [0.29, 0.717) is 12.8 Å². The van der Waals surface area contributed by atoms with Crippen LogP contribution in [0, 0.1) is 20.2 Å². The highest BCUT2D eigenvalue weighted by molar-refractivity contribution is 5.86. The number of aromatic hydroxyl groups is 2.